The molecule has 0 spiro atoms. The molecular formula is C20H19ClN8O4. The quantitative estimate of drug-likeness (QED) is 0.244. The molecule has 0 amide bonds. The van der Waals surface area contributed by atoms with Crippen LogP contribution >= 0.6 is 11.6 Å². The summed E-state index contributed by atoms with van der Waals surface area (Å²) in [4.78, 5) is 29.6. The molecule has 0 saturated heterocycles. The number of aromatic nitrogens is 6. The number of esters is 2. The van der Waals surface area contributed by atoms with Crippen molar-refractivity contribution < 1.29 is 19.1 Å². The van der Waals surface area contributed by atoms with Crippen LogP contribution in [0.15, 0.2) is 35.8 Å². The van der Waals surface area contributed by atoms with Gasteiger partial charge in [0.1, 0.15) is 17.6 Å². The molecule has 1 N–H and O–H groups in total. The zero-order valence-corrected chi connectivity index (χ0v) is 18.7. The minimum atomic E-state index is -0.747. The molecule has 0 atom stereocenters. The second-order valence-corrected chi connectivity index (χ2v) is 7.10. The number of halogens is 1. The van der Waals surface area contributed by atoms with Gasteiger partial charge in [-0.05, 0) is 32.0 Å². The van der Waals surface area contributed by atoms with E-state index < -0.39 is 11.9 Å². The SMILES string of the molecule is CCOC(=O)/C(=N\Nc1c(C(=O)OCC)cnn1C)c1nc2cc(Cl)ccc2n2cnnc12. The van der Waals surface area contributed by atoms with Gasteiger partial charge >= 0.3 is 11.9 Å². The van der Waals surface area contributed by atoms with Crippen LogP contribution in [0.3, 0.4) is 0 Å². The van der Waals surface area contributed by atoms with Crippen LogP contribution in [0, 0.1) is 0 Å². The Morgan fingerprint density at radius 3 is 2.76 bits per heavy atom. The first kappa shape index (κ1) is 22.1. The fraction of sp³-hybridized carbons (Fsp3) is 0.250. The Hall–Kier alpha value is -4.06. The summed E-state index contributed by atoms with van der Waals surface area (Å²) >= 11 is 6.14. The molecule has 0 radical (unpaired) electrons. The number of fused-ring (bicyclic) bond motifs is 3. The number of hydrogen-bond acceptors (Lipinski definition) is 10. The van der Waals surface area contributed by atoms with E-state index in [4.69, 9.17) is 21.1 Å². The highest BCUT2D eigenvalue weighted by Crippen LogP contribution is 2.22. The molecular weight excluding hydrogens is 452 g/mol. The molecule has 12 nitrogen and oxygen atoms in total. The largest absolute Gasteiger partial charge is 0.462 e. The van der Waals surface area contributed by atoms with Gasteiger partial charge in [-0.3, -0.25) is 14.5 Å². The van der Waals surface area contributed by atoms with Gasteiger partial charge in [-0.1, -0.05) is 11.6 Å². The Morgan fingerprint density at radius 2 is 2.00 bits per heavy atom. The van der Waals surface area contributed by atoms with Crippen molar-refractivity contribution in [3.05, 3.63) is 47.0 Å². The molecule has 0 aliphatic carbocycles. The Labute approximate surface area is 192 Å². The maximum absolute atomic E-state index is 12.8. The standard InChI is InChI=1S/C20H19ClN8O4/c1-4-32-19(30)12-9-23-28(3)17(12)27-25-16(20(31)33-5-2)15-18-26-22-10-29(18)14-7-6-11(21)8-13(14)24-15/h6-10,27H,4-5H2,1-3H3/b25-16-. The van der Waals surface area contributed by atoms with Gasteiger partial charge in [0.15, 0.2) is 17.2 Å². The van der Waals surface area contributed by atoms with Gasteiger partial charge in [0, 0.05) is 12.1 Å². The van der Waals surface area contributed by atoms with Crippen molar-refractivity contribution >= 4 is 51.7 Å². The number of nitrogens with zero attached hydrogens (tertiary/aromatic N) is 7. The highest BCUT2D eigenvalue weighted by atomic mass is 35.5. The number of rotatable bonds is 7. The van der Waals surface area contributed by atoms with E-state index in [0.717, 1.165) is 0 Å². The topological polar surface area (TPSA) is 138 Å². The normalized spacial score (nSPS) is 11.7. The molecule has 0 aliphatic heterocycles. The van der Waals surface area contributed by atoms with E-state index in [-0.39, 0.29) is 41.6 Å². The first-order valence-corrected chi connectivity index (χ1v) is 10.3. The minimum absolute atomic E-state index is 0.111. The molecule has 0 aliphatic rings. The zero-order chi connectivity index (χ0) is 23.5. The first-order chi connectivity index (χ1) is 15.9. The summed E-state index contributed by atoms with van der Waals surface area (Å²) < 4.78 is 13.3. The van der Waals surface area contributed by atoms with Crippen molar-refractivity contribution in [2.45, 2.75) is 13.8 Å². The molecule has 170 valence electrons. The van der Waals surface area contributed by atoms with Crippen LogP contribution in [0.5, 0.6) is 0 Å². The van der Waals surface area contributed by atoms with Crippen molar-refractivity contribution in [2.24, 2.45) is 12.1 Å². The summed E-state index contributed by atoms with van der Waals surface area (Å²) in [7, 11) is 1.61. The Bertz CT molecular complexity index is 1390. The summed E-state index contributed by atoms with van der Waals surface area (Å²) in [6.07, 6.45) is 2.83. The molecule has 0 fully saturated rings. The van der Waals surface area contributed by atoms with E-state index >= 15 is 0 Å². The lowest BCUT2D eigenvalue weighted by molar-refractivity contribution is -0.134. The second-order valence-electron chi connectivity index (χ2n) is 6.66. The third-order valence-electron chi connectivity index (χ3n) is 4.59. The van der Waals surface area contributed by atoms with Crippen molar-refractivity contribution in [3.8, 4) is 0 Å². The van der Waals surface area contributed by atoms with Gasteiger partial charge in [-0.2, -0.15) is 10.2 Å². The molecule has 3 aromatic heterocycles. The van der Waals surface area contributed by atoms with E-state index in [1.807, 2.05) is 0 Å². The maximum atomic E-state index is 12.8. The average Bonchev–Trinajstić information content (AvgIpc) is 3.41. The Kier molecular flexibility index (Phi) is 6.18. The van der Waals surface area contributed by atoms with Gasteiger partial charge in [0.25, 0.3) is 0 Å². The van der Waals surface area contributed by atoms with Gasteiger partial charge in [0.05, 0.1) is 30.4 Å². The van der Waals surface area contributed by atoms with Crippen molar-refractivity contribution in [1.82, 2.24) is 29.4 Å². The molecule has 3 heterocycles. The van der Waals surface area contributed by atoms with E-state index in [1.54, 1.807) is 43.5 Å². The molecule has 0 saturated carbocycles. The summed E-state index contributed by atoms with van der Waals surface area (Å²) in [5.74, 6) is -1.11. The van der Waals surface area contributed by atoms with Crippen molar-refractivity contribution in [2.75, 3.05) is 18.6 Å². The minimum Gasteiger partial charge on any atom is -0.462 e. The predicted octanol–water partition coefficient (Wildman–Crippen LogP) is 2.22. The van der Waals surface area contributed by atoms with Crippen LogP contribution in [0.4, 0.5) is 5.82 Å². The lowest BCUT2D eigenvalue weighted by Crippen LogP contribution is -2.23. The summed E-state index contributed by atoms with van der Waals surface area (Å²) in [6, 6.07) is 5.13. The highest BCUT2D eigenvalue weighted by Gasteiger charge is 2.25. The van der Waals surface area contributed by atoms with E-state index in [9.17, 15) is 9.59 Å². The smallest absolute Gasteiger partial charge is 0.361 e. The van der Waals surface area contributed by atoms with Gasteiger partial charge in [-0.25, -0.2) is 14.6 Å². The van der Waals surface area contributed by atoms with Gasteiger partial charge in [0.2, 0.25) is 0 Å². The second kappa shape index (κ2) is 9.20. The van der Waals surface area contributed by atoms with Crippen LogP contribution in [-0.4, -0.2) is 60.2 Å². The van der Waals surface area contributed by atoms with E-state index in [2.05, 4.69) is 30.8 Å². The number of anilines is 1. The molecule has 13 heteroatoms. The van der Waals surface area contributed by atoms with Crippen molar-refractivity contribution in [1.29, 1.82) is 0 Å². The summed E-state index contributed by atoms with van der Waals surface area (Å²) in [5, 5.41) is 16.8. The molecule has 0 unspecified atom stereocenters. The highest BCUT2D eigenvalue weighted by molar-refractivity contribution is 6.44. The molecule has 1 aromatic carbocycles. The monoisotopic (exact) mass is 470 g/mol. The maximum Gasteiger partial charge on any atom is 0.361 e. The van der Waals surface area contributed by atoms with Crippen molar-refractivity contribution in [3.63, 3.8) is 0 Å². The Morgan fingerprint density at radius 1 is 1.21 bits per heavy atom. The van der Waals surface area contributed by atoms with E-state index in [0.29, 0.717) is 16.1 Å². The van der Waals surface area contributed by atoms with Crippen LogP contribution in [0.25, 0.3) is 16.7 Å². The van der Waals surface area contributed by atoms with Crippen LogP contribution < -0.4 is 5.43 Å². The lowest BCUT2D eigenvalue weighted by atomic mass is 10.2. The third kappa shape index (κ3) is 4.20. The number of carbonyl (C=O) groups is 2. The number of carbonyl (C=O) groups excluding carboxylic acids is 2. The summed E-state index contributed by atoms with van der Waals surface area (Å²) in [6.45, 7) is 3.67. The molecule has 4 rings (SSSR count). The number of aryl methyl sites for hydroxylation is 1. The van der Waals surface area contributed by atoms with Gasteiger partial charge < -0.3 is 9.47 Å². The lowest BCUT2D eigenvalue weighted by Gasteiger charge is -2.10. The first-order valence-electron chi connectivity index (χ1n) is 9.93. The Balaban J connectivity index is 1.86. The zero-order valence-electron chi connectivity index (χ0n) is 17.9. The number of hydrogen-bond donors (Lipinski definition) is 1. The fourth-order valence-electron chi connectivity index (χ4n) is 3.12. The predicted molar refractivity (Wildman–Crippen MR) is 119 cm³/mol. The van der Waals surface area contributed by atoms with Crippen LogP contribution in [0.2, 0.25) is 5.02 Å². The average molecular weight is 471 g/mol. The number of nitrogens with one attached hydrogen (secondary N) is 1. The fourth-order valence-corrected chi connectivity index (χ4v) is 3.29. The molecule has 33 heavy (non-hydrogen) atoms. The van der Waals surface area contributed by atoms with Crippen LogP contribution in [-0.2, 0) is 21.3 Å². The molecule has 0 bridgehead atoms. The van der Waals surface area contributed by atoms with E-state index in [1.165, 1.54) is 17.2 Å². The van der Waals surface area contributed by atoms with Crippen LogP contribution in [0.1, 0.15) is 29.9 Å². The number of hydrazone groups is 1. The van der Waals surface area contributed by atoms with Gasteiger partial charge in [-0.15, -0.1) is 10.2 Å². The number of ether oxygens (including phenoxy) is 2. The third-order valence-corrected chi connectivity index (χ3v) is 4.82. The number of benzene rings is 1. The molecule has 4 aromatic rings. The summed E-state index contributed by atoms with van der Waals surface area (Å²) in [5.41, 5.74) is 4.29.